The number of amides is 2. The van der Waals surface area contributed by atoms with Crippen LogP contribution in [0.15, 0.2) is 63.8 Å². The van der Waals surface area contributed by atoms with Crippen LogP contribution in [-0.4, -0.2) is 54.3 Å². The van der Waals surface area contributed by atoms with Gasteiger partial charge in [0.1, 0.15) is 24.0 Å². The number of nitrogens with one attached hydrogen (secondary N) is 1. The third-order valence-electron chi connectivity index (χ3n) is 7.43. The topological polar surface area (TPSA) is 112 Å². The second-order valence-electron chi connectivity index (χ2n) is 10.1. The van der Waals surface area contributed by atoms with Gasteiger partial charge >= 0.3 is 5.63 Å². The number of carbonyl (C=O) groups is 2. The van der Waals surface area contributed by atoms with Crippen LogP contribution in [0.25, 0.3) is 21.7 Å². The fourth-order valence-electron chi connectivity index (χ4n) is 5.48. The van der Waals surface area contributed by atoms with Gasteiger partial charge in [-0.1, -0.05) is 12.1 Å². The first-order valence-electron chi connectivity index (χ1n) is 13.2. The van der Waals surface area contributed by atoms with Crippen LogP contribution < -0.4 is 20.7 Å². The summed E-state index contributed by atoms with van der Waals surface area (Å²) >= 11 is 0. The number of piperidine rings is 1. The molecule has 1 fully saturated rings. The molecular formula is C30H29N3O6. The normalized spacial score (nSPS) is 16.3. The highest BCUT2D eigenvalue weighted by molar-refractivity contribution is 6.26. The molecule has 6 rings (SSSR count). The van der Waals surface area contributed by atoms with Crippen molar-refractivity contribution < 1.29 is 23.8 Å². The first-order chi connectivity index (χ1) is 18.9. The highest BCUT2D eigenvalue weighted by Crippen LogP contribution is 2.36. The summed E-state index contributed by atoms with van der Waals surface area (Å²) < 4.78 is 10.9. The number of aliphatic hydroxyl groups excluding tert-OH is 1. The number of anilines is 1. The summed E-state index contributed by atoms with van der Waals surface area (Å²) in [5, 5.41) is 13.9. The molecule has 0 bridgehead atoms. The SMILES string of the molecule is Cc1cc(=O)oc2cc(OCC(O)CNN3C(=O)c4cccc5c(N6CCCCC6)ccc(c45)C3=O)ccc12. The Balaban J connectivity index is 1.15. The van der Waals surface area contributed by atoms with E-state index in [1.165, 1.54) is 12.5 Å². The lowest BCUT2D eigenvalue weighted by Crippen LogP contribution is -2.52. The number of benzene rings is 3. The molecule has 2 amide bonds. The lowest BCUT2D eigenvalue weighted by atomic mass is 9.93. The van der Waals surface area contributed by atoms with Gasteiger partial charge < -0.3 is 19.2 Å². The number of hydrogen-bond donors (Lipinski definition) is 2. The molecular weight excluding hydrogens is 498 g/mol. The van der Waals surface area contributed by atoms with E-state index in [2.05, 4.69) is 10.3 Å². The first-order valence-corrected chi connectivity index (χ1v) is 13.2. The molecule has 0 saturated carbocycles. The van der Waals surface area contributed by atoms with Gasteiger partial charge in [-0.3, -0.25) is 9.59 Å². The zero-order valence-corrected chi connectivity index (χ0v) is 21.6. The maximum atomic E-state index is 13.4. The Morgan fingerprint density at radius 1 is 0.949 bits per heavy atom. The van der Waals surface area contributed by atoms with E-state index < -0.39 is 23.5 Å². The van der Waals surface area contributed by atoms with Gasteiger partial charge in [-0.2, -0.15) is 0 Å². The molecule has 3 aromatic carbocycles. The number of rotatable bonds is 7. The molecule has 9 nitrogen and oxygen atoms in total. The van der Waals surface area contributed by atoms with Gasteiger partial charge in [-0.15, -0.1) is 0 Å². The van der Waals surface area contributed by atoms with Crippen molar-refractivity contribution in [3.8, 4) is 5.75 Å². The van der Waals surface area contributed by atoms with Crippen molar-refractivity contribution in [1.82, 2.24) is 10.4 Å². The molecule has 39 heavy (non-hydrogen) atoms. The summed E-state index contributed by atoms with van der Waals surface area (Å²) in [6, 6.07) is 15.8. The first kappa shape index (κ1) is 25.1. The highest BCUT2D eigenvalue weighted by Gasteiger charge is 2.34. The van der Waals surface area contributed by atoms with Gasteiger partial charge in [0, 0.05) is 53.6 Å². The van der Waals surface area contributed by atoms with Crippen molar-refractivity contribution in [3.63, 3.8) is 0 Å². The molecule has 3 heterocycles. The average molecular weight is 528 g/mol. The summed E-state index contributed by atoms with van der Waals surface area (Å²) in [4.78, 5) is 40.7. The third kappa shape index (κ3) is 4.64. The number of nitrogens with zero attached hydrogens (tertiary/aromatic N) is 2. The maximum Gasteiger partial charge on any atom is 0.336 e. The summed E-state index contributed by atoms with van der Waals surface area (Å²) in [5.41, 5.74) is 5.50. The van der Waals surface area contributed by atoms with Crippen LogP contribution in [0.1, 0.15) is 45.5 Å². The van der Waals surface area contributed by atoms with Crippen LogP contribution in [-0.2, 0) is 0 Å². The van der Waals surface area contributed by atoms with Gasteiger partial charge in [-0.25, -0.2) is 15.2 Å². The number of carbonyl (C=O) groups excluding carboxylic acids is 2. The largest absolute Gasteiger partial charge is 0.491 e. The van der Waals surface area contributed by atoms with Crippen molar-refractivity contribution in [2.45, 2.75) is 32.3 Å². The Bertz CT molecular complexity index is 1630. The van der Waals surface area contributed by atoms with Gasteiger partial charge in [0.05, 0.1) is 11.1 Å². The van der Waals surface area contributed by atoms with Crippen molar-refractivity contribution in [3.05, 3.63) is 81.7 Å². The zero-order chi connectivity index (χ0) is 27.1. The van der Waals surface area contributed by atoms with Gasteiger partial charge in [0.2, 0.25) is 0 Å². The number of imide groups is 1. The monoisotopic (exact) mass is 527 g/mol. The highest BCUT2D eigenvalue weighted by atomic mass is 16.5. The lowest BCUT2D eigenvalue weighted by molar-refractivity contribution is 0.0433. The van der Waals surface area contributed by atoms with Crippen molar-refractivity contribution in [2.75, 3.05) is 31.1 Å². The smallest absolute Gasteiger partial charge is 0.336 e. The molecule has 2 N–H and O–H groups in total. The van der Waals surface area contributed by atoms with E-state index in [9.17, 15) is 19.5 Å². The van der Waals surface area contributed by atoms with Crippen LogP contribution in [0.2, 0.25) is 0 Å². The fraction of sp³-hybridized carbons (Fsp3) is 0.300. The van der Waals surface area contributed by atoms with Crippen LogP contribution in [0.3, 0.4) is 0 Å². The third-order valence-corrected chi connectivity index (χ3v) is 7.43. The molecule has 1 unspecified atom stereocenters. The summed E-state index contributed by atoms with van der Waals surface area (Å²) in [7, 11) is 0. The number of hydrazine groups is 1. The van der Waals surface area contributed by atoms with E-state index >= 15 is 0 Å². The van der Waals surface area contributed by atoms with Crippen LogP contribution in [0.4, 0.5) is 5.69 Å². The maximum absolute atomic E-state index is 13.4. The molecule has 2 aliphatic heterocycles. The average Bonchev–Trinajstić information content (AvgIpc) is 2.94. The van der Waals surface area contributed by atoms with Crippen LogP contribution in [0.5, 0.6) is 5.75 Å². The number of aliphatic hydroxyl groups is 1. The molecule has 200 valence electrons. The number of ether oxygens (including phenoxy) is 1. The van der Waals surface area contributed by atoms with Gasteiger partial charge in [0.25, 0.3) is 11.8 Å². The predicted octanol–water partition coefficient (Wildman–Crippen LogP) is 3.79. The van der Waals surface area contributed by atoms with E-state index in [0.717, 1.165) is 53.0 Å². The Morgan fingerprint density at radius 2 is 1.72 bits per heavy atom. The molecule has 1 aromatic heterocycles. The van der Waals surface area contributed by atoms with Crippen LogP contribution >= 0.6 is 0 Å². The Morgan fingerprint density at radius 3 is 2.51 bits per heavy atom. The lowest BCUT2D eigenvalue weighted by Gasteiger charge is -2.32. The fourth-order valence-corrected chi connectivity index (χ4v) is 5.48. The Hall–Kier alpha value is -4.21. The molecule has 0 aliphatic carbocycles. The Kier molecular flexibility index (Phi) is 6.54. The van der Waals surface area contributed by atoms with Crippen LogP contribution in [0, 0.1) is 6.92 Å². The predicted molar refractivity (Wildman–Crippen MR) is 147 cm³/mol. The minimum absolute atomic E-state index is 0.0869. The second kappa shape index (κ2) is 10.2. The molecule has 4 aromatic rings. The number of hydrogen-bond acceptors (Lipinski definition) is 8. The Labute approximate surface area is 224 Å². The summed E-state index contributed by atoms with van der Waals surface area (Å²) in [5.74, 6) is -0.491. The van der Waals surface area contributed by atoms with Gasteiger partial charge in [-0.05, 0) is 62.1 Å². The van der Waals surface area contributed by atoms with Crippen molar-refractivity contribution in [2.24, 2.45) is 0 Å². The molecule has 2 aliphatic rings. The number of aryl methyl sites for hydroxylation is 1. The van der Waals surface area contributed by atoms with E-state index in [0.29, 0.717) is 27.8 Å². The van der Waals surface area contributed by atoms with Gasteiger partial charge in [0.15, 0.2) is 0 Å². The van der Waals surface area contributed by atoms with E-state index in [4.69, 9.17) is 9.15 Å². The molecule has 1 saturated heterocycles. The second-order valence-corrected chi connectivity index (χ2v) is 10.1. The summed E-state index contributed by atoms with van der Waals surface area (Å²) in [6.07, 6.45) is 2.44. The quantitative estimate of drug-likeness (QED) is 0.276. The standard InChI is InChI=1S/C30H29N3O6/c1-18-14-27(35)39-26-15-20(8-9-21(18)26)38-17-19(34)16-31-33-29(36)23-7-5-6-22-25(32-12-3-2-4-13-32)11-10-24(28(22)23)30(33)37/h5-11,14-15,19,31,34H,2-4,12-13,16-17H2,1H3. The molecule has 0 spiro atoms. The van der Waals surface area contributed by atoms with Crippen molar-refractivity contribution >= 4 is 39.2 Å². The van der Waals surface area contributed by atoms with Crippen molar-refractivity contribution in [1.29, 1.82) is 0 Å². The van der Waals surface area contributed by atoms with E-state index in [1.54, 1.807) is 30.3 Å². The summed E-state index contributed by atoms with van der Waals surface area (Å²) in [6.45, 7) is 3.56. The molecule has 9 heteroatoms. The number of fused-ring (bicyclic) bond motifs is 1. The molecule has 1 atom stereocenters. The minimum Gasteiger partial charge on any atom is -0.491 e. The zero-order valence-electron chi connectivity index (χ0n) is 21.6. The van der Waals surface area contributed by atoms with E-state index in [-0.39, 0.29) is 13.2 Å². The molecule has 0 radical (unpaired) electrons. The van der Waals surface area contributed by atoms with E-state index in [1.807, 2.05) is 25.1 Å². The minimum atomic E-state index is -1.02.